The fourth-order valence-electron chi connectivity index (χ4n) is 4.14. The van der Waals surface area contributed by atoms with Crippen LogP contribution in [0.5, 0.6) is 0 Å². The maximum absolute atomic E-state index is 11.7. The van der Waals surface area contributed by atoms with Crippen LogP contribution in [0.3, 0.4) is 0 Å². The summed E-state index contributed by atoms with van der Waals surface area (Å²) in [5, 5.41) is 10.2. The van der Waals surface area contributed by atoms with Crippen LogP contribution in [0.2, 0.25) is 0 Å². The van der Waals surface area contributed by atoms with Gasteiger partial charge in [-0.1, -0.05) is 30.3 Å². The Morgan fingerprint density at radius 2 is 1.96 bits per heavy atom. The summed E-state index contributed by atoms with van der Waals surface area (Å²) in [7, 11) is 0. The molecule has 0 aliphatic carbocycles. The van der Waals surface area contributed by atoms with E-state index >= 15 is 0 Å². The lowest BCUT2D eigenvalue weighted by atomic mass is 9.71. The molecule has 2 fully saturated rings. The minimum atomic E-state index is -0.358. The Bertz CT molecular complexity index is 523. The molecule has 0 saturated carbocycles. The average Bonchev–Trinajstić information content (AvgIpc) is 2.55. The molecule has 1 amide bonds. The minimum absolute atomic E-state index is 0.0923. The second-order valence-electron chi connectivity index (χ2n) is 7.33. The van der Waals surface area contributed by atoms with Gasteiger partial charge in [-0.3, -0.25) is 4.79 Å². The smallest absolute Gasteiger partial charge is 0.219 e. The summed E-state index contributed by atoms with van der Waals surface area (Å²) in [6.45, 7) is 6.19. The van der Waals surface area contributed by atoms with Crippen LogP contribution < -0.4 is 0 Å². The SMILES string of the molecule is CC(=O)N1CC(O)CC2(CCN(CCc3ccccc3)CC2)C1. The van der Waals surface area contributed by atoms with E-state index in [0.29, 0.717) is 6.54 Å². The highest BCUT2D eigenvalue weighted by Crippen LogP contribution is 2.40. The summed E-state index contributed by atoms with van der Waals surface area (Å²) < 4.78 is 0. The maximum Gasteiger partial charge on any atom is 0.219 e. The van der Waals surface area contributed by atoms with E-state index < -0.39 is 0 Å². The van der Waals surface area contributed by atoms with Crippen LogP contribution in [-0.2, 0) is 11.2 Å². The Balaban J connectivity index is 1.52. The lowest BCUT2D eigenvalue weighted by Gasteiger charge is -2.49. The second kappa shape index (κ2) is 7.02. The number of rotatable bonds is 3. The van der Waals surface area contributed by atoms with Crippen molar-refractivity contribution in [2.75, 3.05) is 32.7 Å². The third-order valence-electron chi connectivity index (χ3n) is 5.55. The largest absolute Gasteiger partial charge is 0.391 e. The van der Waals surface area contributed by atoms with Crippen LogP contribution in [0, 0.1) is 5.41 Å². The Hall–Kier alpha value is -1.39. The molecule has 23 heavy (non-hydrogen) atoms. The summed E-state index contributed by atoms with van der Waals surface area (Å²) >= 11 is 0. The van der Waals surface area contributed by atoms with Gasteiger partial charge < -0.3 is 14.9 Å². The highest BCUT2D eigenvalue weighted by atomic mass is 16.3. The molecule has 1 spiro atoms. The molecule has 1 N–H and O–H groups in total. The number of hydrogen-bond acceptors (Lipinski definition) is 3. The number of benzene rings is 1. The average molecular weight is 316 g/mol. The van der Waals surface area contributed by atoms with Gasteiger partial charge in [-0.2, -0.15) is 0 Å². The quantitative estimate of drug-likeness (QED) is 0.926. The van der Waals surface area contributed by atoms with Gasteiger partial charge in [-0.05, 0) is 49.8 Å². The van der Waals surface area contributed by atoms with Crippen LogP contribution >= 0.6 is 0 Å². The molecule has 2 heterocycles. The van der Waals surface area contributed by atoms with Crippen LogP contribution in [-0.4, -0.2) is 59.6 Å². The first kappa shape index (κ1) is 16.5. The zero-order valence-electron chi connectivity index (χ0n) is 14.1. The van der Waals surface area contributed by atoms with Gasteiger partial charge in [0, 0.05) is 26.6 Å². The number of nitrogens with zero attached hydrogens (tertiary/aromatic N) is 2. The Morgan fingerprint density at radius 3 is 2.61 bits per heavy atom. The van der Waals surface area contributed by atoms with E-state index in [1.54, 1.807) is 6.92 Å². The van der Waals surface area contributed by atoms with Gasteiger partial charge in [0.25, 0.3) is 0 Å². The van der Waals surface area contributed by atoms with E-state index in [9.17, 15) is 9.90 Å². The van der Waals surface area contributed by atoms with E-state index in [1.165, 1.54) is 5.56 Å². The Kier molecular flexibility index (Phi) is 5.02. The second-order valence-corrected chi connectivity index (χ2v) is 7.33. The van der Waals surface area contributed by atoms with Crippen molar-refractivity contribution in [2.24, 2.45) is 5.41 Å². The van der Waals surface area contributed by atoms with Crippen LogP contribution in [0.15, 0.2) is 30.3 Å². The number of β-amino-alcohol motifs (C(OH)–C–C–N with tert-alkyl or cyclic N) is 1. The molecule has 2 aliphatic heterocycles. The van der Waals surface area contributed by atoms with Crippen molar-refractivity contribution in [3.05, 3.63) is 35.9 Å². The van der Waals surface area contributed by atoms with E-state index in [4.69, 9.17) is 0 Å². The lowest BCUT2D eigenvalue weighted by molar-refractivity contribution is -0.138. The standard InChI is InChI=1S/C19H28N2O2/c1-16(22)21-14-18(23)13-19(15-21)8-11-20(12-9-19)10-7-17-5-3-2-4-6-17/h2-6,18,23H,7-15H2,1H3. The number of aliphatic hydroxyl groups is 1. The number of piperidine rings is 2. The van der Waals surface area contributed by atoms with Crippen LogP contribution in [0.1, 0.15) is 31.7 Å². The minimum Gasteiger partial charge on any atom is -0.391 e. The van der Waals surface area contributed by atoms with E-state index in [-0.39, 0.29) is 17.4 Å². The summed E-state index contributed by atoms with van der Waals surface area (Å²) in [4.78, 5) is 16.1. The molecule has 1 aromatic rings. The first-order chi connectivity index (χ1) is 11.1. The van der Waals surface area contributed by atoms with Crippen LogP contribution in [0.4, 0.5) is 0 Å². The number of carbonyl (C=O) groups is 1. The molecule has 2 saturated heterocycles. The predicted octanol–water partition coefficient (Wildman–Crippen LogP) is 1.92. The highest BCUT2D eigenvalue weighted by Gasteiger charge is 2.42. The molecule has 1 atom stereocenters. The first-order valence-electron chi connectivity index (χ1n) is 8.76. The first-order valence-corrected chi connectivity index (χ1v) is 8.76. The number of likely N-dealkylation sites (tertiary alicyclic amines) is 2. The summed E-state index contributed by atoms with van der Waals surface area (Å²) in [6, 6.07) is 10.6. The van der Waals surface area contributed by atoms with Crippen molar-refractivity contribution in [3.63, 3.8) is 0 Å². The Labute approximate surface area is 139 Å². The van der Waals surface area contributed by atoms with Gasteiger partial charge in [0.15, 0.2) is 0 Å². The molecule has 4 nitrogen and oxygen atoms in total. The lowest BCUT2D eigenvalue weighted by Crippen LogP contribution is -2.55. The van der Waals surface area contributed by atoms with Crippen molar-refractivity contribution in [3.8, 4) is 0 Å². The zero-order chi connectivity index (χ0) is 16.3. The summed E-state index contributed by atoms with van der Waals surface area (Å²) in [6.07, 6.45) is 3.76. The third-order valence-corrected chi connectivity index (χ3v) is 5.55. The molecule has 0 aromatic heterocycles. The monoisotopic (exact) mass is 316 g/mol. The van der Waals surface area contributed by atoms with Crippen molar-refractivity contribution in [2.45, 2.75) is 38.7 Å². The van der Waals surface area contributed by atoms with Crippen molar-refractivity contribution >= 4 is 5.91 Å². The number of carbonyl (C=O) groups excluding carboxylic acids is 1. The predicted molar refractivity (Wildman–Crippen MR) is 91.1 cm³/mol. The molecule has 0 radical (unpaired) electrons. The van der Waals surface area contributed by atoms with Crippen molar-refractivity contribution in [1.29, 1.82) is 0 Å². The van der Waals surface area contributed by atoms with E-state index in [0.717, 1.165) is 51.9 Å². The zero-order valence-corrected chi connectivity index (χ0v) is 14.1. The molecular weight excluding hydrogens is 288 g/mol. The van der Waals surface area contributed by atoms with E-state index in [2.05, 4.69) is 35.2 Å². The molecular formula is C19H28N2O2. The molecule has 1 unspecified atom stereocenters. The van der Waals surface area contributed by atoms with Crippen molar-refractivity contribution < 1.29 is 9.90 Å². The van der Waals surface area contributed by atoms with Gasteiger partial charge >= 0.3 is 0 Å². The Morgan fingerprint density at radius 1 is 1.26 bits per heavy atom. The molecule has 3 rings (SSSR count). The molecule has 2 aliphatic rings. The topological polar surface area (TPSA) is 43.8 Å². The number of hydrogen-bond donors (Lipinski definition) is 1. The van der Waals surface area contributed by atoms with Crippen molar-refractivity contribution in [1.82, 2.24) is 9.80 Å². The molecule has 0 bridgehead atoms. The van der Waals surface area contributed by atoms with Gasteiger partial charge in [-0.25, -0.2) is 0 Å². The molecule has 1 aromatic carbocycles. The fraction of sp³-hybridized carbons (Fsp3) is 0.632. The maximum atomic E-state index is 11.7. The number of aliphatic hydroxyl groups excluding tert-OH is 1. The third kappa shape index (κ3) is 4.12. The van der Waals surface area contributed by atoms with Gasteiger partial charge in [0.05, 0.1) is 6.10 Å². The number of amides is 1. The summed E-state index contributed by atoms with van der Waals surface area (Å²) in [5.41, 5.74) is 1.52. The van der Waals surface area contributed by atoms with Gasteiger partial charge in [-0.15, -0.1) is 0 Å². The van der Waals surface area contributed by atoms with Gasteiger partial charge in [0.2, 0.25) is 5.91 Å². The summed E-state index contributed by atoms with van der Waals surface area (Å²) in [5.74, 6) is 0.0923. The molecule has 4 heteroatoms. The normalized spacial score (nSPS) is 24.8. The van der Waals surface area contributed by atoms with Crippen LogP contribution in [0.25, 0.3) is 0 Å². The fourth-order valence-corrected chi connectivity index (χ4v) is 4.14. The van der Waals surface area contributed by atoms with E-state index in [1.807, 2.05) is 4.90 Å². The van der Waals surface area contributed by atoms with Gasteiger partial charge in [0.1, 0.15) is 0 Å². The molecule has 126 valence electrons. The highest BCUT2D eigenvalue weighted by molar-refractivity contribution is 5.73.